The molecule has 0 aromatic heterocycles. The normalized spacial score (nSPS) is 32.5. The lowest BCUT2D eigenvalue weighted by atomic mass is 9.81. The molecule has 3 heterocycles. The molecule has 0 radical (unpaired) electrons. The maximum absolute atomic E-state index is 12.6. The van der Waals surface area contributed by atoms with Crippen LogP contribution in [-0.4, -0.2) is 48.7 Å². The van der Waals surface area contributed by atoms with Crippen molar-refractivity contribution in [2.75, 3.05) is 19.7 Å². The minimum atomic E-state index is -0.846. The van der Waals surface area contributed by atoms with Gasteiger partial charge in [-0.2, -0.15) is 0 Å². The molecular formula is C19H25NO4. The van der Waals surface area contributed by atoms with Gasteiger partial charge in [-0.1, -0.05) is 24.3 Å². The van der Waals surface area contributed by atoms with Gasteiger partial charge in [0.2, 0.25) is 0 Å². The molecule has 0 saturated carbocycles. The number of carbonyl (C=O) groups is 2. The van der Waals surface area contributed by atoms with Crippen molar-refractivity contribution >= 4 is 11.9 Å². The Hall–Kier alpha value is -1.88. The van der Waals surface area contributed by atoms with Crippen LogP contribution in [0.25, 0.3) is 0 Å². The van der Waals surface area contributed by atoms with E-state index in [2.05, 4.69) is 17.6 Å². The number of ether oxygens (including phenoxy) is 2. The van der Waals surface area contributed by atoms with Crippen LogP contribution in [0.3, 0.4) is 0 Å². The van der Waals surface area contributed by atoms with E-state index in [9.17, 15) is 9.59 Å². The molecule has 3 rings (SSSR count). The Balaban J connectivity index is 1.92. The summed E-state index contributed by atoms with van der Waals surface area (Å²) in [5, 5.41) is 0. The second-order valence-electron chi connectivity index (χ2n) is 7.25. The highest BCUT2D eigenvalue weighted by atomic mass is 16.5. The fourth-order valence-corrected chi connectivity index (χ4v) is 3.56. The third kappa shape index (κ3) is 2.81. The fraction of sp³-hybridized carbons (Fsp3) is 0.579. The van der Waals surface area contributed by atoms with Crippen LogP contribution in [0.5, 0.6) is 0 Å². The predicted octanol–water partition coefficient (Wildman–Crippen LogP) is 2.39. The number of carbonyl (C=O) groups excluding carboxylic acids is 2. The van der Waals surface area contributed by atoms with Gasteiger partial charge in [0, 0.05) is 25.1 Å². The first-order valence-electron chi connectivity index (χ1n) is 8.49. The van der Waals surface area contributed by atoms with Gasteiger partial charge in [0.25, 0.3) is 0 Å². The highest BCUT2D eigenvalue weighted by molar-refractivity contribution is 5.90. The summed E-state index contributed by atoms with van der Waals surface area (Å²) < 4.78 is 11.4. The Kier molecular flexibility index (Phi) is 4.38. The number of hydrogen-bond acceptors (Lipinski definition) is 5. The molecule has 0 aliphatic carbocycles. The molecule has 5 nitrogen and oxygen atoms in total. The molecular weight excluding hydrogens is 306 g/mol. The first kappa shape index (κ1) is 17.0. The van der Waals surface area contributed by atoms with E-state index in [1.807, 2.05) is 6.92 Å². The number of hydrogen-bond donors (Lipinski definition) is 0. The molecule has 0 bridgehead atoms. The molecule has 130 valence electrons. The highest BCUT2D eigenvalue weighted by Crippen LogP contribution is 2.36. The fourth-order valence-electron chi connectivity index (χ4n) is 3.56. The molecule has 2 fully saturated rings. The van der Waals surface area contributed by atoms with Gasteiger partial charge in [-0.25, -0.2) is 4.79 Å². The zero-order valence-corrected chi connectivity index (χ0v) is 14.6. The van der Waals surface area contributed by atoms with Gasteiger partial charge in [-0.05, 0) is 32.8 Å². The van der Waals surface area contributed by atoms with Crippen molar-refractivity contribution in [3.8, 4) is 0 Å². The van der Waals surface area contributed by atoms with Gasteiger partial charge in [-0.3, -0.25) is 9.69 Å². The van der Waals surface area contributed by atoms with Crippen molar-refractivity contribution in [3.05, 3.63) is 35.5 Å². The number of esters is 2. The van der Waals surface area contributed by atoms with Gasteiger partial charge >= 0.3 is 11.9 Å². The molecule has 3 aliphatic heterocycles. The van der Waals surface area contributed by atoms with Crippen molar-refractivity contribution in [3.63, 3.8) is 0 Å². The van der Waals surface area contributed by atoms with Crippen LogP contribution in [0.2, 0.25) is 0 Å². The molecule has 2 saturated heterocycles. The van der Waals surface area contributed by atoms with Crippen molar-refractivity contribution in [1.82, 2.24) is 4.90 Å². The second kappa shape index (κ2) is 6.20. The molecule has 2 atom stereocenters. The molecule has 24 heavy (non-hydrogen) atoms. The molecule has 0 aromatic rings. The SMILES string of the molecule is C=C1C/C(=C/C)C(=O)O[C@@H]2CCN3CC=C(COC(=O)C1(C)C)[C@H]23. The third-order valence-electron chi connectivity index (χ3n) is 5.45. The Morgan fingerprint density at radius 2 is 2.12 bits per heavy atom. The summed E-state index contributed by atoms with van der Waals surface area (Å²) in [7, 11) is 0. The minimum absolute atomic E-state index is 0.0330. The van der Waals surface area contributed by atoms with E-state index in [0.29, 0.717) is 17.6 Å². The van der Waals surface area contributed by atoms with Crippen LogP contribution in [0.4, 0.5) is 0 Å². The maximum Gasteiger partial charge on any atom is 0.334 e. The quantitative estimate of drug-likeness (QED) is 0.387. The first-order chi connectivity index (χ1) is 11.3. The Bertz CT molecular complexity index is 644. The van der Waals surface area contributed by atoms with Gasteiger partial charge < -0.3 is 9.47 Å². The van der Waals surface area contributed by atoms with Gasteiger partial charge in [0.05, 0.1) is 11.5 Å². The van der Waals surface area contributed by atoms with E-state index in [4.69, 9.17) is 9.47 Å². The maximum atomic E-state index is 12.6. The Morgan fingerprint density at radius 3 is 2.83 bits per heavy atom. The lowest BCUT2D eigenvalue weighted by Gasteiger charge is -2.29. The standard InChI is InChI=1S/C19H25NO4/c1-5-13-10-12(2)19(3,4)18(22)23-11-14-6-8-20-9-7-15(16(14)20)24-17(13)21/h5-6,15-16H,2,7-11H2,1,3-4H3/b13-5-/t15-,16-/m1/s1. The minimum Gasteiger partial charge on any atom is -0.460 e. The Labute approximate surface area is 143 Å². The topological polar surface area (TPSA) is 55.8 Å². The number of rotatable bonds is 0. The Morgan fingerprint density at radius 1 is 1.38 bits per heavy atom. The van der Waals surface area contributed by atoms with Crippen molar-refractivity contribution < 1.29 is 19.1 Å². The smallest absolute Gasteiger partial charge is 0.334 e. The molecule has 5 heteroatoms. The third-order valence-corrected chi connectivity index (χ3v) is 5.45. The van der Waals surface area contributed by atoms with Gasteiger partial charge in [0.15, 0.2) is 0 Å². The summed E-state index contributed by atoms with van der Waals surface area (Å²) in [6, 6.07) is 0.0330. The van der Waals surface area contributed by atoms with Crippen molar-refractivity contribution in [2.45, 2.75) is 45.8 Å². The first-order valence-corrected chi connectivity index (χ1v) is 8.49. The largest absolute Gasteiger partial charge is 0.460 e. The molecule has 0 unspecified atom stereocenters. The zero-order valence-electron chi connectivity index (χ0n) is 14.6. The average molecular weight is 331 g/mol. The van der Waals surface area contributed by atoms with Crippen LogP contribution in [0.15, 0.2) is 35.5 Å². The number of allylic oxidation sites excluding steroid dienone is 1. The van der Waals surface area contributed by atoms with Crippen molar-refractivity contribution in [1.29, 1.82) is 0 Å². The lowest BCUT2D eigenvalue weighted by Crippen LogP contribution is -2.38. The second-order valence-corrected chi connectivity index (χ2v) is 7.25. The summed E-state index contributed by atoms with van der Waals surface area (Å²) in [5.41, 5.74) is 1.39. The monoisotopic (exact) mass is 331 g/mol. The van der Waals surface area contributed by atoms with Gasteiger partial charge in [0.1, 0.15) is 12.7 Å². The lowest BCUT2D eigenvalue weighted by molar-refractivity contribution is -0.152. The van der Waals surface area contributed by atoms with Crippen LogP contribution in [0, 0.1) is 5.41 Å². The van der Waals surface area contributed by atoms with E-state index in [1.54, 1.807) is 19.9 Å². The number of nitrogens with zero attached hydrogens (tertiary/aromatic N) is 1. The van der Waals surface area contributed by atoms with E-state index in [-0.39, 0.29) is 30.7 Å². The molecule has 0 amide bonds. The van der Waals surface area contributed by atoms with Gasteiger partial charge in [-0.15, -0.1) is 0 Å². The summed E-state index contributed by atoms with van der Waals surface area (Å²) in [6.45, 7) is 11.4. The van der Waals surface area contributed by atoms with Crippen LogP contribution in [0.1, 0.15) is 33.6 Å². The average Bonchev–Trinajstić information content (AvgIpc) is 3.12. The molecule has 0 N–H and O–H groups in total. The van der Waals surface area contributed by atoms with Crippen LogP contribution >= 0.6 is 0 Å². The summed E-state index contributed by atoms with van der Waals surface area (Å²) in [6.07, 6.45) is 4.79. The van der Waals surface area contributed by atoms with E-state index < -0.39 is 5.41 Å². The zero-order chi connectivity index (χ0) is 17.5. The van der Waals surface area contributed by atoms with E-state index in [0.717, 1.165) is 25.1 Å². The molecule has 3 aliphatic rings. The summed E-state index contributed by atoms with van der Waals surface area (Å²) >= 11 is 0. The predicted molar refractivity (Wildman–Crippen MR) is 90.2 cm³/mol. The molecule has 0 spiro atoms. The van der Waals surface area contributed by atoms with E-state index >= 15 is 0 Å². The number of cyclic esters (lactones) is 1. The van der Waals surface area contributed by atoms with Crippen LogP contribution in [-0.2, 0) is 19.1 Å². The summed E-state index contributed by atoms with van der Waals surface area (Å²) in [4.78, 5) is 27.4. The highest BCUT2D eigenvalue weighted by Gasteiger charge is 2.43. The summed E-state index contributed by atoms with van der Waals surface area (Å²) in [5.74, 6) is -0.604. The van der Waals surface area contributed by atoms with E-state index in [1.165, 1.54) is 0 Å². The van der Waals surface area contributed by atoms with Crippen molar-refractivity contribution in [2.24, 2.45) is 5.41 Å². The van der Waals surface area contributed by atoms with Crippen LogP contribution < -0.4 is 0 Å². The molecule has 0 aromatic carbocycles.